The smallest absolute Gasteiger partial charge is 0.320 e. The molecule has 0 aliphatic carbocycles. The second kappa shape index (κ2) is 14.0. The van der Waals surface area contributed by atoms with E-state index in [1.54, 1.807) is 0 Å². The van der Waals surface area contributed by atoms with Gasteiger partial charge in [-0.25, -0.2) is 0 Å². The van der Waals surface area contributed by atoms with Crippen LogP contribution in [0.5, 0.6) is 0 Å². The number of hydrogen-bond acceptors (Lipinski definition) is 9. The zero-order valence-corrected chi connectivity index (χ0v) is 22.3. The maximum atomic E-state index is 12.5. The molecule has 0 aromatic rings. The van der Waals surface area contributed by atoms with Gasteiger partial charge in [-0.1, -0.05) is 6.92 Å². The van der Waals surface area contributed by atoms with Gasteiger partial charge in [0.2, 0.25) is 0 Å². The van der Waals surface area contributed by atoms with E-state index in [-0.39, 0.29) is 31.6 Å². The maximum absolute atomic E-state index is 12.5. The number of ether oxygens (including phenoxy) is 2. The molecule has 1 fully saturated rings. The summed E-state index contributed by atoms with van der Waals surface area (Å²) in [5.74, 6) is -1.45. The molecule has 10 nitrogen and oxygen atoms in total. The zero-order valence-electron chi connectivity index (χ0n) is 22.3. The summed E-state index contributed by atoms with van der Waals surface area (Å²) in [4.78, 5) is 44.6. The van der Waals surface area contributed by atoms with Gasteiger partial charge in [0.1, 0.15) is 11.2 Å². The first kappa shape index (κ1) is 30.3. The zero-order chi connectivity index (χ0) is 25.9. The van der Waals surface area contributed by atoms with Crippen LogP contribution in [0.1, 0.15) is 48.5 Å². The van der Waals surface area contributed by atoms with E-state index >= 15 is 0 Å². The Labute approximate surface area is 205 Å². The predicted octanol–water partition coefficient (Wildman–Crippen LogP) is 0.996. The monoisotopic (exact) mass is 486 g/mol. The van der Waals surface area contributed by atoms with Gasteiger partial charge in [-0.05, 0) is 48.1 Å². The molecule has 0 aromatic heterocycles. The Balaban J connectivity index is 2.96. The fourth-order valence-electron chi connectivity index (χ4n) is 3.67. The summed E-state index contributed by atoms with van der Waals surface area (Å²) in [7, 11) is 0. The quantitative estimate of drug-likeness (QED) is 0.524. The molecule has 0 spiro atoms. The lowest BCUT2D eigenvalue weighted by Crippen LogP contribution is -2.49. The largest absolute Gasteiger partial charge is 0.480 e. The number of hydrogen-bond donors (Lipinski definition) is 1. The maximum Gasteiger partial charge on any atom is 0.320 e. The number of carbonyl (C=O) groups is 3. The topological polar surface area (TPSA) is 103 Å². The highest BCUT2D eigenvalue weighted by Crippen LogP contribution is 2.10. The van der Waals surface area contributed by atoms with Gasteiger partial charge in [0.05, 0.1) is 19.6 Å². The molecule has 0 bridgehead atoms. The number of rotatable bonds is 7. The number of carbonyl (C=O) groups excluding carboxylic acids is 2. The Hall–Kier alpha value is -1.75. The van der Waals surface area contributed by atoms with Crippen LogP contribution in [0.2, 0.25) is 0 Å². The number of aliphatic carboxylic acids is 1. The van der Waals surface area contributed by atoms with Crippen LogP contribution in [0.4, 0.5) is 0 Å². The number of esters is 2. The first-order valence-corrected chi connectivity index (χ1v) is 12.2. The van der Waals surface area contributed by atoms with Crippen molar-refractivity contribution in [3.63, 3.8) is 0 Å². The molecule has 1 aliphatic heterocycles. The third-order valence-electron chi connectivity index (χ3n) is 5.28. The summed E-state index contributed by atoms with van der Waals surface area (Å²) < 4.78 is 11.0. The van der Waals surface area contributed by atoms with Gasteiger partial charge in [-0.2, -0.15) is 0 Å². The Morgan fingerprint density at radius 2 is 0.912 bits per heavy atom. The van der Waals surface area contributed by atoms with E-state index in [2.05, 4.69) is 16.7 Å². The lowest BCUT2D eigenvalue weighted by molar-refractivity contribution is -0.158. The average molecular weight is 487 g/mol. The van der Waals surface area contributed by atoms with Gasteiger partial charge in [-0.15, -0.1) is 0 Å². The minimum absolute atomic E-state index is 0.0391. The normalized spacial score (nSPS) is 19.1. The van der Waals surface area contributed by atoms with Crippen molar-refractivity contribution in [1.82, 2.24) is 19.6 Å². The molecule has 0 amide bonds. The van der Waals surface area contributed by atoms with Gasteiger partial charge >= 0.3 is 17.9 Å². The summed E-state index contributed by atoms with van der Waals surface area (Å²) >= 11 is 0. The van der Waals surface area contributed by atoms with Gasteiger partial charge in [0, 0.05) is 52.4 Å². The van der Waals surface area contributed by atoms with Crippen molar-refractivity contribution in [1.29, 1.82) is 0 Å². The average Bonchev–Trinajstić information content (AvgIpc) is 2.64. The Morgan fingerprint density at radius 3 is 1.18 bits per heavy atom. The van der Waals surface area contributed by atoms with Crippen molar-refractivity contribution < 1.29 is 29.0 Å². The van der Waals surface area contributed by atoms with Crippen molar-refractivity contribution in [3.05, 3.63) is 0 Å². The highest BCUT2D eigenvalue weighted by Gasteiger charge is 2.24. The fraction of sp³-hybridized carbons (Fsp3) is 0.875. The van der Waals surface area contributed by atoms with E-state index in [4.69, 9.17) is 9.47 Å². The minimum Gasteiger partial charge on any atom is -0.480 e. The standard InChI is InChI=1S/C24H46N4O6/c1-8-25-9-11-26(17-20(29)30)13-14-28(19-22(32)34-24(5,6)7)16-15-27(12-10-25)18-21(31)33-23(2,3)4/h8-19H2,1-7H3,(H,29,30). The van der Waals surface area contributed by atoms with E-state index in [9.17, 15) is 19.5 Å². The van der Waals surface area contributed by atoms with Crippen LogP contribution in [0.15, 0.2) is 0 Å². The van der Waals surface area contributed by atoms with Crippen LogP contribution in [0.25, 0.3) is 0 Å². The molecular weight excluding hydrogens is 440 g/mol. The van der Waals surface area contributed by atoms with Crippen LogP contribution in [0.3, 0.4) is 0 Å². The molecule has 0 unspecified atom stereocenters. The number of carboxylic acid groups (broad SMARTS) is 1. The summed E-state index contributed by atoms with van der Waals surface area (Å²) in [6.45, 7) is 19.2. The van der Waals surface area contributed by atoms with Crippen molar-refractivity contribution in [2.24, 2.45) is 0 Å². The van der Waals surface area contributed by atoms with Crippen LogP contribution >= 0.6 is 0 Å². The molecular formula is C24H46N4O6. The summed E-state index contributed by atoms with van der Waals surface area (Å²) in [6.07, 6.45) is 0. The molecule has 1 heterocycles. The molecule has 198 valence electrons. The number of likely N-dealkylation sites (N-methyl/N-ethyl adjacent to an activating group) is 1. The minimum atomic E-state index is -0.864. The van der Waals surface area contributed by atoms with E-state index in [1.165, 1.54) is 0 Å². The van der Waals surface area contributed by atoms with Crippen LogP contribution < -0.4 is 0 Å². The lowest BCUT2D eigenvalue weighted by Gasteiger charge is -2.33. The van der Waals surface area contributed by atoms with Crippen molar-refractivity contribution in [2.45, 2.75) is 59.7 Å². The predicted molar refractivity (Wildman–Crippen MR) is 131 cm³/mol. The van der Waals surface area contributed by atoms with E-state index in [0.717, 1.165) is 19.6 Å². The molecule has 0 saturated carbocycles. The van der Waals surface area contributed by atoms with Crippen LogP contribution in [0, 0.1) is 0 Å². The molecule has 0 radical (unpaired) electrons. The van der Waals surface area contributed by atoms with Crippen molar-refractivity contribution >= 4 is 17.9 Å². The second-order valence-corrected chi connectivity index (χ2v) is 10.8. The van der Waals surface area contributed by atoms with E-state index in [1.807, 2.05) is 51.3 Å². The molecule has 0 aromatic carbocycles. The van der Waals surface area contributed by atoms with Crippen molar-refractivity contribution in [2.75, 3.05) is 78.5 Å². The van der Waals surface area contributed by atoms with Crippen LogP contribution in [-0.2, 0) is 23.9 Å². The molecule has 1 N–H and O–H groups in total. The van der Waals surface area contributed by atoms with E-state index < -0.39 is 17.2 Å². The first-order chi connectivity index (χ1) is 15.7. The summed E-state index contributed by atoms with van der Waals surface area (Å²) in [6, 6.07) is 0. The third-order valence-corrected chi connectivity index (χ3v) is 5.28. The second-order valence-electron chi connectivity index (χ2n) is 10.8. The van der Waals surface area contributed by atoms with Crippen LogP contribution in [-0.4, -0.2) is 132 Å². The highest BCUT2D eigenvalue weighted by molar-refractivity contribution is 5.72. The van der Waals surface area contributed by atoms with Gasteiger partial charge in [0.25, 0.3) is 0 Å². The van der Waals surface area contributed by atoms with Gasteiger partial charge in [-0.3, -0.25) is 29.1 Å². The SMILES string of the molecule is CCN1CCN(CC(=O)O)CCN(CC(=O)OC(C)(C)C)CCN(CC(=O)OC(C)(C)C)CC1. The van der Waals surface area contributed by atoms with Crippen molar-refractivity contribution in [3.8, 4) is 0 Å². The summed E-state index contributed by atoms with van der Waals surface area (Å²) in [5, 5.41) is 9.32. The molecule has 10 heteroatoms. The van der Waals surface area contributed by atoms with E-state index in [0.29, 0.717) is 39.3 Å². The first-order valence-electron chi connectivity index (χ1n) is 12.2. The highest BCUT2D eigenvalue weighted by atomic mass is 16.6. The third kappa shape index (κ3) is 14.5. The van der Waals surface area contributed by atoms with Gasteiger partial charge in [0.15, 0.2) is 0 Å². The molecule has 0 atom stereocenters. The van der Waals surface area contributed by atoms with Gasteiger partial charge < -0.3 is 19.5 Å². The fourth-order valence-corrected chi connectivity index (χ4v) is 3.67. The molecule has 1 rings (SSSR count). The summed E-state index contributed by atoms with van der Waals surface area (Å²) in [5.41, 5.74) is -1.12. The Morgan fingerprint density at radius 1 is 0.618 bits per heavy atom. The molecule has 1 saturated heterocycles. The number of nitrogens with zero attached hydrogens (tertiary/aromatic N) is 4. The lowest BCUT2D eigenvalue weighted by atomic mass is 10.2. The number of carboxylic acids is 1. The Bertz CT molecular complexity index is 659. The molecule has 34 heavy (non-hydrogen) atoms. The Kier molecular flexibility index (Phi) is 12.4. The molecule has 1 aliphatic rings.